The Kier molecular flexibility index (Phi) is 59.9. The number of carbonyl (C=O) groups is 4. The van der Waals surface area contributed by atoms with Crippen molar-refractivity contribution in [3.63, 3.8) is 0 Å². The van der Waals surface area contributed by atoms with Crippen LogP contribution in [0.4, 0.5) is 0 Å². The Balaban J connectivity index is 5.12. The smallest absolute Gasteiger partial charge is 0.462 e. The highest BCUT2D eigenvalue weighted by Gasteiger charge is 2.30. The molecule has 0 rings (SSSR count). The number of aliphatic hydroxyl groups is 1. The van der Waals surface area contributed by atoms with Crippen molar-refractivity contribution in [2.75, 3.05) is 39.6 Å². The second-order valence-corrected chi connectivity index (χ2v) is 28.5. The van der Waals surface area contributed by atoms with Gasteiger partial charge in [-0.1, -0.05) is 298 Å². The average molecular weight is 1300 g/mol. The summed E-state index contributed by atoms with van der Waals surface area (Å²) in [4.78, 5) is 72.2. The third-order valence-electron chi connectivity index (χ3n) is 16.3. The fourth-order valence-electron chi connectivity index (χ4n) is 10.4. The number of ether oxygens (including phenoxy) is 4. The topological polar surface area (TPSA) is 237 Å². The highest BCUT2D eigenvalue weighted by molar-refractivity contribution is 7.47. The zero-order chi connectivity index (χ0) is 65.0. The molecule has 0 spiro atoms. The number of esters is 4. The Hall–Kier alpha value is -1.94. The van der Waals surface area contributed by atoms with Crippen LogP contribution in [0.25, 0.3) is 0 Å². The molecule has 3 N–H and O–H groups in total. The van der Waals surface area contributed by atoms with Crippen LogP contribution in [0.3, 0.4) is 0 Å². The van der Waals surface area contributed by atoms with E-state index >= 15 is 0 Å². The van der Waals surface area contributed by atoms with Gasteiger partial charge in [-0.15, -0.1) is 0 Å². The molecular weight excluding hydrogens is 1160 g/mol. The first-order valence-electron chi connectivity index (χ1n) is 36.0. The SMILES string of the molecule is CCCCCCCCCCC(=O)O[C@H](COC(=O)CCCCCCCCC)COP(=O)(O)OC[C@H](O)COP(=O)(O)OC[C@@H](COC(=O)CCCCCCCCCCC(C)CC)OC(=O)CCCCCCCCCCCCCCCCCCCCC(C)C. The van der Waals surface area contributed by atoms with Crippen molar-refractivity contribution in [2.24, 2.45) is 11.8 Å². The van der Waals surface area contributed by atoms with Crippen LogP contribution in [-0.2, 0) is 65.4 Å². The molecule has 0 radical (unpaired) electrons. The molecule has 0 aliphatic carbocycles. The van der Waals surface area contributed by atoms with E-state index in [4.69, 9.17) is 37.0 Å². The van der Waals surface area contributed by atoms with Gasteiger partial charge in [-0.05, 0) is 37.5 Å². The van der Waals surface area contributed by atoms with E-state index in [0.717, 1.165) is 121 Å². The molecule has 522 valence electrons. The van der Waals surface area contributed by atoms with Gasteiger partial charge in [0.1, 0.15) is 19.3 Å². The van der Waals surface area contributed by atoms with Crippen molar-refractivity contribution in [1.82, 2.24) is 0 Å². The van der Waals surface area contributed by atoms with Gasteiger partial charge in [0.15, 0.2) is 12.2 Å². The summed E-state index contributed by atoms with van der Waals surface area (Å²) in [7, 11) is -9.89. The van der Waals surface area contributed by atoms with E-state index in [1.165, 1.54) is 148 Å². The normalized spacial score (nSPS) is 14.5. The highest BCUT2D eigenvalue weighted by Crippen LogP contribution is 2.45. The van der Waals surface area contributed by atoms with Crippen molar-refractivity contribution < 1.29 is 80.2 Å². The van der Waals surface area contributed by atoms with Crippen LogP contribution in [0.5, 0.6) is 0 Å². The molecule has 0 bridgehead atoms. The predicted octanol–water partition coefficient (Wildman–Crippen LogP) is 19.6. The van der Waals surface area contributed by atoms with Crippen LogP contribution in [0.1, 0.15) is 350 Å². The Labute approximate surface area is 537 Å². The Morgan fingerprint density at radius 1 is 0.330 bits per heavy atom. The van der Waals surface area contributed by atoms with Gasteiger partial charge < -0.3 is 33.8 Å². The van der Waals surface area contributed by atoms with Gasteiger partial charge >= 0.3 is 39.5 Å². The molecule has 0 aliphatic heterocycles. The Morgan fingerprint density at radius 3 is 0.864 bits per heavy atom. The minimum Gasteiger partial charge on any atom is -0.462 e. The van der Waals surface area contributed by atoms with Gasteiger partial charge in [0.05, 0.1) is 26.4 Å². The molecule has 88 heavy (non-hydrogen) atoms. The van der Waals surface area contributed by atoms with E-state index in [1.54, 1.807) is 0 Å². The molecule has 0 fully saturated rings. The van der Waals surface area contributed by atoms with E-state index in [1.807, 2.05) is 0 Å². The molecule has 3 unspecified atom stereocenters. The average Bonchev–Trinajstić information content (AvgIpc) is 3.61. The molecule has 0 aromatic heterocycles. The van der Waals surface area contributed by atoms with Gasteiger partial charge in [-0.2, -0.15) is 0 Å². The summed E-state index contributed by atoms with van der Waals surface area (Å²) in [5, 5.41) is 10.5. The summed E-state index contributed by atoms with van der Waals surface area (Å²) in [6, 6.07) is 0. The maximum absolute atomic E-state index is 13.0. The fraction of sp³-hybridized carbons (Fsp3) is 0.942. The summed E-state index contributed by atoms with van der Waals surface area (Å²) >= 11 is 0. The monoisotopic (exact) mass is 1300 g/mol. The first-order valence-corrected chi connectivity index (χ1v) is 39.0. The van der Waals surface area contributed by atoms with Crippen LogP contribution >= 0.6 is 15.6 Å². The van der Waals surface area contributed by atoms with E-state index in [9.17, 15) is 43.2 Å². The fourth-order valence-corrected chi connectivity index (χ4v) is 12.0. The van der Waals surface area contributed by atoms with E-state index in [0.29, 0.717) is 25.7 Å². The van der Waals surface area contributed by atoms with Gasteiger partial charge in [-0.25, -0.2) is 9.13 Å². The van der Waals surface area contributed by atoms with Crippen LogP contribution in [0, 0.1) is 11.8 Å². The molecule has 0 amide bonds. The number of rotatable bonds is 68. The Morgan fingerprint density at radius 2 is 0.580 bits per heavy atom. The number of aliphatic hydroxyl groups excluding tert-OH is 1. The Bertz CT molecular complexity index is 1720. The van der Waals surface area contributed by atoms with Gasteiger partial charge in [-0.3, -0.25) is 37.3 Å². The zero-order valence-corrected chi connectivity index (χ0v) is 58.8. The first-order chi connectivity index (χ1) is 42.4. The maximum atomic E-state index is 13.0. The predicted molar refractivity (Wildman–Crippen MR) is 354 cm³/mol. The minimum atomic E-state index is -4.95. The van der Waals surface area contributed by atoms with Gasteiger partial charge in [0.25, 0.3) is 0 Å². The second kappa shape index (κ2) is 61.3. The van der Waals surface area contributed by atoms with E-state index in [2.05, 4.69) is 41.5 Å². The van der Waals surface area contributed by atoms with Crippen molar-refractivity contribution >= 4 is 39.5 Å². The van der Waals surface area contributed by atoms with Crippen LogP contribution in [-0.4, -0.2) is 96.7 Å². The lowest BCUT2D eigenvalue weighted by atomic mass is 9.99. The maximum Gasteiger partial charge on any atom is 0.472 e. The largest absolute Gasteiger partial charge is 0.472 e. The van der Waals surface area contributed by atoms with Crippen LogP contribution in [0.15, 0.2) is 0 Å². The number of phosphoric ester groups is 2. The summed E-state index contributed by atoms with van der Waals surface area (Å²) < 4.78 is 68.0. The van der Waals surface area contributed by atoms with Crippen molar-refractivity contribution in [1.29, 1.82) is 0 Å². The summed E-state index contributed by atoms with van der Waals surface area (Å²) in [6.07, 6.45) is 46.1. The van der Waals surface area contributed by atoms with Crippen molar-refractivity contribution in [3.8, 4) is 0 Å². The van der Waals surface area contributed by atoms with Crippen molar-refractivity contribution in [3.05, 3.63) is 0 Å². The van der Waals surface area contributed by atoms with Crippen LogP contribution in [0.2, 0.25) is 0 Å². The lowest BCUT2D eigenvalue weighted by Gasteiger charge is -2.21. The quantitative estimate of drug-likeness (QED) is 0.0222. The molecule has 0 heterocycles. The van der Waals surface area contributed by atoms with Gasteiger partial charge in [0.2, 0.25) is 0 Å². The van der Waals surface area contributed by atoms with E-state index < -0.39 is 97.5 Å². The highest BCUT2D eigenvalue weighted by atomic mass is 31.2. The van der Waals surface area contributed by atoms with E-state index in [-0.39, 0.29) is 25.7 Å². The minimum absolute atomic E-state index is 0.104. The molecular formula is C69H134O17P2. The molecule has 0 aromatic carbocycles. The third-order valence-corrected chi connectivity index (χ3v) is 18.2. The molecule has 0 aromatic rings. The number of phosphoric acid groups is 2. The summed E-state index contributed by atoms with van der Waals surface area (Å²) in [5.41, 5.74) is 0. The third kappa shape index (κ3) is 61.6. The molecule has 0 saturated carbocycles. The standard InChI is InChI=1S/C69H134O17P2/c1-7-10-12-14-16-34-41-47-53-68(73)85-64(57-79-66(71)51-45-39-31-15-13-11-8-2)59-83-87(75,76)81-55-63(70)56-82-88(77,78)84-60-65(58-80-67(72)52-46-40-35-30-29-33-38-44-50-62(6)9-3)86-69(74)54-48-42-36-28-26-24-22-20-18-17-19-21-23-25-27-32-37-43-49-61(4)5/h61-65,70H,7-60H2,1-6H3,(H,75,76)(H,77,78)/t62?,63-,64+,65+/m0/s1. The van der Waals surface area contributed by atoms with Crippen molar-refractivity contribution in [2.45, 2.75) is 368 Å². The number of unbranched alkanes of at least 4 members (excludes halogenated alkanes) is 37. The lowest BCUT2D eigenvalue weighted by Crippen LogP contribution is -2.30. The number of hydrogen-bond acceptors (Lipinski definition) is 15. The molecule has 0 saturated heterocycles. The van der Waals surface area contributed by atoms with Gasteiger partial charge in [0, 0.05) is 25.7 Å². The molecule has 6 atom stereocenters. The van der Waals surface area contributed by atoms with Crippen LogP contribution < -0.4 is 0 Å². The molecule has 17 nitrogen and oxygen atoms in total. The molecule has 0 aliphatic rings. The lowest BCUT2D eigenvalue weighted by molar-refractivity contribution is -0.161. The summed E-state index contributed by atoms with van der Waals surface area (Å²) in [5.74, 6) is -0.536. The number of hydrogen-bond donors (Lipinski definition) is 3. The summed E-state index contributed by atoms with van der Waals surface area (Å²) in [6.45, 7) is 9.50. The first kappa shape index (κ1) is 86.1. The zero-order valence-electron chi connectivity index (χ0n) is 57.0. The number of carbonyl (C=O) groups excluding carboxylic acids is 4. The molecule has 19 heteroatoms. The second-order valence-electron chi connectivity index (χ2n) is 25.6.